The number of benzene rings is 1. The molecule has 0 spiro atoms. The Hall–Kier alpha value is -1.23. The molecule has 1 aromatic rings. The van der Waals surface area contributed by atoms with E-state index < -0.39 is 0 Å². The van der Waals surface area contributed by atoms with Gasteiger partial charge in [-0.15, -0.1) is 0 Å². The first-order valence-corrected chi connectivity index (χ1v) is 6.37. The van der Waals surface area contributed by atoms with Gasteiger partial charge < -0.3 is 5.32 Å². The van der Waals surface area contributed by atoms with Gasteiger partial charge in [0, 0.05) is 29.6 Å². The first kappa shape index (κ1) is 12.8. The smallest absolute Gasteiger partial charge is 0.269 e. The highest BCUT2D eigenvalue weighted by Gasteiger charge is 2.05. The molecule has 16 heavy (non-hydrogen) atoms. The van der Waals surface area contributed by atoms with Crippen molar-refractivity contribution in [2.24, 2.45) is 0 Å². The van der Waals surface area contributed by atoms with Gasteiger partial charge in [-0.3, -0.25) is 10.1 Å². The van der Waals surface area contributed by atoms with Crippen LogP contribution in [0.15, 0.2) is 24.3 Å². The molecule has 0 fully saturated rings. The van der Waals surface area contributed by atoms with Crippen molar-refractivity contribution < 1.29 is 4.92 Å². The van der Waals surface area contributed by atoms with Crippen molar-refractivity contribution in [3.63, 3.8) is 0 Å². The summed E-state index contributed by atoms with van der Waals surface area (Å²) >= 11 is 1.87. The summed E-state index contributed by atoms with van der Waals surface area (Å²) in [6.07, 6.45) is 0. The van der Waals surface area contributed by atoms with E-state index in [-0.39, 0.29) is 10.6 Å². The molecule has 1 atom stereocenters. The first-order chi connectivity index (χ1) is 7.63. The molecule has 0 heterocycles. The van der Waals surface area contributed by atoms with Gasteiger partial charge in [0.2, 0.25) is 0 Å². The quantitative estimate of drug-likeness (QED) is 0.613. The van der Waals surface area contributed by atoms with Gasteiger partial charge in [-0.2, -0.15) is 11.8 Å². The van der Waals surface area contributed by atoms with E-state index in [0.29, 0.717) is 6.04 Å². The van der Waals surface area contributed by atoms with Crippen LogP contribution in [-0.4, -0.2) is 22.5 Å². The van der Waals surface area contributed by atoms with Crippen molar-refractivity contribution in [1.29, 1.82) is 0 Å². The lowest BCUT2D eigenvalue weighted by molar-refractivity contribution is -0.384. The van der Waals surface area contributed by atoms with E-state index in [1.165, 1.54) is 12.1 Å². The molecule has 1 N–H and O–H groups in total. The van der Waals surface area contributed by atoms with Crippen LogP contribution in [0.25, 0.3) is 0 Å². The molecule has 0 aliphatic carbocycles. The molecule has 1 rings (SSSR count). The molecule has 0 saturated carbocycles. The zero-order valence-corrected chi connectivity index (χ0v) is 10.3. The second kappa shape index (κ2) is 6.37. The van der Waals surface area contributed by atoms with Crippen molar-refractivity contribution in [2.45, 2.75) is 19.9 Å². The van der Waals surface area contributed by atoms with Gasteiger partial charge in [-0.25, -0.2) is 0 Å². The second-order valence-corrected chi connectivity index (χ2v) is 4.83. The van der Waals surface area contributed by atoms with E-state index in [4.69, 9.17) is 0 Å². The zero-order valence-electron chi connectivity index (χ0n) is 9.47. The number of hydrogen-bond acceptors (Lipinski definition) is 4. The minimum absolute atomic E-state index is 0.126. The number of nitro benzene ring substituents is 1. The number of nitrogens with one attached hydrogen (secondary N) is 1. The third-order valence-electron chi connectivity index (χ3n) is 2.06. The van der Waals surface area contributed by atoms with Crippen LogP contribution < -0.4 is 5.32 Å². The molecule has 5 heteroatoms. The molecule has 0 aliphatic heterocycles. The zero-order chi connectivity index (χ0) is 12.0. The Balaban J connectivity index is 2.51. The Morgan fingerprint density at radius 3 is 2.56 bits per heavy atom. The van der Waals surface area contributed by atoms with Crippen LogP contribution in [0.2, 0.25) is 0 Å². The second-order valence-electron chi connectivity index (χ2n) is 3.51. The molecule has 0 saturated heterocycles. The van der Waals surface area contributed by atoms with E-state index >= 15 is 0 Å². The van der Waals surface area contributed by atoms with Gasteiger partial charge in [0.25, 0.3) is 5.69 Å². The van der Waals surface area contributed by atoms with Crippen LogP contribution in [0, 0.1) is 10.1 Å². The van der Waals surface area contributed by atoms with E-state index in [1.54, 1.807) is 12.1 Å². The average molecular weight is 240 g/mol. The van der Waals surface area contributed by atoms with Gasteiger partial charge in [-0.05, 0) is 24.8 Å². The van der Waals surface area contributed by atoms with Gasteiger partial charge in [0.05, 0.1) is 4.92 Å². The molecule has 88 valence electrons. The summed E-state index contributed by atoms with van der Waals surface area (Å²) < 4.78 is 0. The summed E-state index contributed by atoms with van der Waals surface area (Å²) in [5.74, 6) is 2.14. The van der Waals surface area contributed by atoms with Crippen molar-refractivity contribution >= 4 is 23.1 Å². The molecule has 4 nitrogen and oxygen atoms in total. The Labute approximate surface area is 99.6 Å². The third-order valence-corrected chi connectivity index (χ3v) is 3.21. The summed E-state index contributed by atoms with van der Waals surface area (Å²) in [6.45, 7) is 4.23. The first-order valence-electron chi connectivity index (χ1n) is 5.22. The lowest BCUT2D eigenvalue weighted by Crippen LogP contribution is -2.17. The molecular weight excluding hydrogens is 224 g/mol. The van der Waals surface area contributed by atoms with Crippen LogP contribution in [0.1, 0.15) is 13.8 Å². The minimum atomic E-state index is -0.389. The maximum absolute atomic E-state index is 10.5. The SMILES string of the molecule is CCSCC(C)Nc1ccc([N+](=O)[O-])cc1. The average Bonchev–Trinajstić information content (AvgIpc) is 2.27. The largest absolute Gasteiger partial charge is 0.382 e. The highest BCUT2D eigenvalue weighted by Crippen LogP contribution is 2.16. The molecule has 0 radical (unpaired) electrons. The molecule has 1 unspecified atom stereocenters. The molecule has 1 aromatic carbocycles. The Morgan fingerprint density at radius 1 is 1.44 bits per heavy atom. The number of non-ortho nitro benzene ring substituents is 1. The molecular formula is C11H16N2O2S. The van der Waals surface area contributed by atoms with Crippen LogP contribution in [0.4, 0.5) is 11.4 Å². The third kappa shape index (κ3) is 4.10. The lowest BCUT2D eigenvalue weighted by atomic mass is 10.2. The number of anilines is 1. The number of thioether (sulfide) groups is 1. The number of nitrogens with zero attached hydrogens (tertiary/aromatic N) is 1. The Bertz CT molecular complexity index is 340. The van der Waals surface area contributed by atoms with Crippen LogP contribution in [-0.2, 0) is 0 Å². The lowest BCUT2D eigenvalue weighted by Gasteiger charge is -2.14. The summed E-state index contributed by atoms with van der Waals surface area (Å²) in [5, 5.41) is 13.8. The van der Waals surface area contributed by atoms with Crippen LogP contribution >= 0.6 is 11.8 Å². The fourth-order valence-electron chi connectivity index (χ4n) is 1.30. The fourth-order valence-corrected chi connectivity index (χ4v) is 1.97. The molecule has 0 aromatic heterocycles. The van der Waals surface area contributed by atoms with Crippen LogP contribution in [0.3, 0.4) is 0 Å². The maximum Gasteiger partial charge on any atom is 0.269 e. The highest BCUT2D eigenvalue weighted by molar-refractivity contribution is 7.99. The summed E-state index contributed by atoms with van der Waals surface area (Å²) in [7, 11) is 0. The maximum atomic E-state index is 10.5. The van der Waals surface area contributed by atoms with Gasteiger partial charge in [0.1, 0.15) is 0 Å². The van der Waals surface area contributed by atoms with Crippen molar-refractivity contribution in [3.05, 3.63) is 34.4 Å². The highest BCUT2D eigenvalue weighted by atomic mass is 32.2. The van der Waals surface area contributed by atoms with Crippen molar-refractivity contribution in [1.82, 2.24) is 0 Å². The Kier molecular flexibility index (Phi) is 5.11. The minimum Gasteiger partial charge on any atom is -0.382 e. The number of hydrogen-bond donors (Lipinski definition) is 1. The number of rotatable bonds is 6. The summed E-state index contributed by atoms with van der Waals surface area (Å²) in [4.78, 5) is 10.1. The fraction of sp³-hybridized carbons (Fsp3) is 0.455. The predicted octanol–water partition coefficient (Wildman–Crippen LogP) is 3.15. The molecule has 0 aliphatic rings. The van der Waals surface area contributed by atoms with Crippen molar-refractivity contribution in [2.75, 3.05) is 16.8 Å². The van der Waals surface area contributed by atoms with E-state index in [0.717, 1.165) is 17.2 Å². The van der Waals surface area contributed by atoms with Crippen molar-refractivity contribution in [3.8, 4) is 0 Å². The van der Waals surface area contributed by atoms with E-state index in [2.05, 4.69) is 19.2 Å². The standard InChI is InChI=1S/C11H16N2O2S/c1-3-16-8-9(2)12-10-4-6-11(7-5-10)13(14)15/h4-7,9,12H,3,8H2,1-2H3. The van der Waals surface area contributed by atoms with Crippen LogP contribution in [0.5, 0.6) is 0 Å². The molecule has 0 amide bonds. The predicted molar refractivity (Wildman–Crippen MR) is 69.2 cm³/mol. The van der Waals surface area contributed by atoms with E-state index in [9.17, 15) is 10.1 Å². The van der Waals surface area contributed by atoms with Gasteiger partial charge in [-0.1, -0.05) is 6.92 Å². The van der Waals surface area contributed by atoms with Gasteiger partial charge >= 0.3 is 0 Å². The Morgan fingerprint density at radius 2 is 2.06 bits per heavy atom. The topological polar surface area (TPSA) is 55.2 Å². The normalized spacial score (nSPS) is 12.1. The molecule has 0 bridgehead atoms. The monoisotopic (exact) mass is 240 g/mol. The van der Waals surface area contributed by atoms with E-state index in [1.807, 2.05) is 11.8 Å². The number of nitro groups is 1. The van der Waals surface area contributed by atoms with Gasteiger partial charge in [0.15, 0.2) is 0 Å². The summed E-state index contributed by atoms with van der Waals surface area (Å²) in [6, 6.07) is 6.88. The summed E-state index contributed by atoms with van der Waals surface area (Å²) in [5.41, 5.74) is 1.05.